The summed E-state index contributed by atoms with van der Waals surface area (Å²) in [4.78, 5) is 31.1. The molecule has 4 aromatic rings. The van der Waals surface area contributed by atoms with E-state index in [1.54, 1.807) is 25.3 Å². The number of aromatic nitrogens is 4. The van der Waals surface area contributed by atoms with E-state index in [0.29, 0.717) is 69.4 Å². The molecule has 2 aliphatic rings. The van der Waals surface area contributed by atoms with Crippen LogP contribution in [-0.4, -0.2) is 96.9 Å². The van der Waals surface area contributed by atoms with Gasteiger partial charge in [-0.15, -0.1) is 0 Å². The molecule has 268 valence electrons. The lowest BCUT2D eigenvalue weighted by atomic mass is 9.98. The van der Waals surface area contributed by atoms with Crippen LogP contribution in [0.15, 0.2) is 48.8 Å². The molecule has 0 unspecified atom stereocenters. The van der Waals surface area contributed by atoms with Crippen molar-refractivity contribution in [1.29, 1.82) is 0 Å². The minimum atomic E-state index is -0.598. The number of carbonyl (C=O) groups is 1. The number of carbonyl (C=O) groups excluding carboxylic acids is 1. The van der Waals surface area contributed by atoms with Crippen LogP contribution in [0.3, 0.4) is 0 Å². The third-order valence-corrected chi connectivity index (χ3v) is 8.98. The number of methoxy groups -OCH3 is 2. The molecule has 12 nitrogen and oxygen atoms in total. The van der Waals surface area contributed by atoms with E-state index >= 15 is 0 Å². The summed E-state index contributed by atoms with van der Waals surface area (Å²) in [5, 5.41) is 0. The van der Waals surface area contributed by atoms with Crippen molar-refractivity contribution in [1.82, 2.24) is 24.8 Å². The Morgan fingerprint density at radius 1 is 0.820 bits per heavy atom. The molecule has 1 atom stereocenters. The van der Waals surface area contributed by atoms with Crippen LogP contribution in [0.1, 0.15) is 70.1 Å². The first kappa shape index (κ1) is 35.4. The van der Waals surface area contributed by atoms with Gasteiger partial charge >= 0.3 is 6.09 Å². The average molecular weight is 688 g/mol. The summed E-state index contributed by atoms with van der Waals surface area (Å²) in [6.07, 6.45) is 8.08. The number of H-pyrrole nitrogens is 2. The van der Waals surface area contributed by atoms with Gasteiger partial charge in [0.25, 0.3) is 0 Å². The largest absolute Gasteiger partial charge is 0.487 e. The molecule has 0 spiro atoms. The number of nitrogens with zero attached hydrogens (tertiary/aromatic N) is 3. The quantitative estimate of drug-likeness (QED) is 0.141. The van der Waals surface area contributed by atoms with E-state index in [9.17, 15) is 4.79 Å². The number of nitrogens with one attached hydrogen (secondary N) is 2. The maximum atomic E-state index is 13.0. The van der Waals surface area contributed by atoms with E-state index in [4.69, 9.17) is 33.4 Å². The molecule has 2 aromatic carbocycles. The van der Waals surface area contributed by atoms with Crippen LogP contribution >= 0.6 is 0 Å². The predicted molar refractivity (Wildman–Crippen MR) is 189 cm³/mol. The van der Waals surface area contributed by atoms with Crippen LogP contribution in [0, 0.1) is 0 Å². The van der Waals surface area contributed by atoms with Gasteiger partial charge in [0.1, 0.15) is 36.5 Å². The SMILES string of the molecule is COCCOc1c(-c2ccc(-c3cnc([C@@H]4COCCN4C(=O)OC(C)(C)C)[nH]3)cc2)ccc(-c2cnc(C3CCCC3)[nH]2)c1OCCOC. The molecule has 0 bridgehead atoms. The van der Waals surface area contributed by atoms with E-state index in [1.165, 1.54) is 12.8 Å². The fraction of sp³-hybridized carbons (Fsp3) is 0.500. The van der Waals surface area contributed by atoms with Crippen molar-refractivity contribution in [2.75, 3.05) is 60.4 Å². The van der Waals surface area contributed by atoms with Crippen molar-refractivity contribution in [3.63, 3.8) is 0 Å². The summed E-state index contributed by atoms with van der Waals surface area (Å²) in [5.74, 6) is 3.39. The lowest BCUT2D eigenvalue weighted by Crippen LogP contribution is -2.46. The Bertz CT molecular complexity index is 1710. The van der Waals surface area contributed by atoms with E-state index in [-0.39, 0.29) is 12.1 Å². The zero-order chi connectivity index (χ0) is 35.1. The third-order valence-electron chi connectivity index (χ3n) is 8.98. The summed E-state index contributed by atoms with van der Waals surface area (Å²) < 4.78 is 34.8. The normalized spacial score (nSPS) is 16.9. The van der Waals surface area contributed by atoms with Crippen molar-refractivity contribution in [3.8, 4) is 45.1 Å². The highest BCUT2D eigenvalue weighted by Crippen LogP contribution is 2.45. The number of ether oxygens (including phenoxy) is 6. The minimum absolute atomic E-state index is 0.336. The van der Waals surface area contributed by atoms with Crippen molar-refractivity contribution in [2.45, 2.75) is 64.0 Å². The molecule has 3 heterocycles. The Balaban J connectivity index is 1.29. The van der Waals surface area contributed by atoms with Gasteiger partial charge in [-0.1, -0.05) is 37.1 Å². The van der Waals surface area contributed by atoms with Crippen LogP contribution in [0.4, 0.5) is 4.79 Å². The van der Waals surface area contributed by atoms with E-state index < -0.39 is 5.60 Å². The zero-order valence-electron chi connectivity index (χ0n) is 29.8. The lowest BCUT2D eigenvalue weighted by molar-refractivity contribution is -0.0349. The molecule has 1 saturated heterocycles. The molecular weight excluding hydrogens is 638 g/mol. The number of aromatic amines is 2. The highest BCUT2D eigenvalue weighted by molar-refractivity contribution is 5.83. The summed E-state index contributed by atoms with van der Waals surface area (Å²) in [6, 6.07) is 11.9. The van der Waals surface area contributed by atoms with Gasteiger partial charge in [0.15, 0.2) is 11.5 Å². The second-order valence-electron chi connectivity index (χ2n) is 13.7. The molecular formula is C38H49N5O7. The first-order chi connectivity index (χ1) is 24.3. The number of hydrogen-bond acceptors (Lipinski definition) is 9. The lowest BCUT2D eigenvalue weighted by Gasteiger charge is -2.35. The van der Waals surface area contributed by atoms with Crippen molar-refractivity contribution in [2.24, 2.45) is 0 Å². The minimum Gasteiger partial charge on any atom is -0.487 e. The molecule has 0 radical (unpaired) electrons. The van der Waals surface area contributed by atoms with Gasteiger partial charge < -0.3 is 38.4 Å². The number of hydrogen-bond donors (Lipinski definition) is 2. The van der Waals surface area contributed by atoms with E-state index in [1.807, 2.05) is 39.1 Å². The molecule has 1 amide bonds. The molecule has 1 saturated carbocycles. The molecule has 1 aliphatic carbocycles. The Hall–Kier alpha value is -4.39. The van der Waals surface area contributed by atoms with Gasteiger partial charge in [-0.3, -0.25) is 4.90 Å². The van der Waals surface area contributed by atoms with Crippen LogP contribution < -0.4 is 9.47 Å². The van der Waals surface area contributed by atoms with Gasteiger partial charge in [0.2, 0.25) is 0 Å². The fourth-order valence-electron chi connectivity index (χ4n) is 6.47. The second kappa shape index (κ2) is 16.1. The number of rotatable bonds is 13. The molecule has 12 heteroatoms. The van der Waals surface area contributed by atoms with Gasteiger partial charge in [-0.2, -0.15) is 0 Å². The van der Waals surface area contributed by atoms with Crippen molar-refractivity contribution in [3.05, 3.63) is 60.4 Å². The van der Waals surface area contributed by atoms with Crippen LogP contribution in [0.25, 0.3) is 33.6 Å². The van der Waals surface area contributed by atoms with Gasteiger partial charge in [-0.25, -0.2) is 14.8 Å². The molecule has 2 aromatic heterocycles. The summed E-state index contributed by atoms with van der Waals surface area (Å²) >= 11 is 0. The predicted octanol–water partition coefficient (Wildman–Crippen LogP) is 7.15. The summed E-state index contributed by atoms with van der Waals surface area (Å²) in [6.45, 7) is 8.36. The number of morpholine rings is 1. The first-order valence-electron chi connectivity index (χ1n) is 17.4. The molecule has 2 N–H and O–H groups in total. The molecule has 2 fully saturated rings. The Morgan fingerprint density at radius 3 is 2.10 bits per heavy atom. The Kier molecular flexibility index (Phi) is 11.4. The van der Waals surface area contributed by atoms with E-state index in [0.717, 1.165) is 52.3 Å². The zero-order valence-corrected chi connectivity index (χ0v) is 29.8. The molecule has 6 rings (SSSR count). The number of amides is 1. The topological polar surface area (TPSA) is 133 Å². The Labute approximate surface area is 293 Å². The van der Waals surface area contributed by atoms with Crippen LogP contribution in [0.2, 0.25) is 0 Å². The first-order valence-corrected chi connectivity index (χ1v) is 17.4. The smallest absolute Gasteiger partial charge is 0.411 e. The van der Waals surface area contributed by atoms with Crippen molar-refractivity contribution >= 4 is 6.09 Å². The second-order valence-corrected chi connectivity index (χ2v) is 13.7. The van der Waals surface area contributed by atoms with Gasteiger partial charge in [0.05, 0.1) is 50.2 Å². The number of imidazole rings is 2. The molecule has 1 aliphatic heterocycles. The Morgan fingerprint density at radius 2 is 1.42 bits per heavy atom. The highest BCUT2D eigenvalue weighted by atomic mass is 16.6. The van der Waals surface area contributed by atoms with Crippen molar-refractivity contribution < 1.29 is 33.2 Å². The highest BCUT2D eigenvalue weighted by Gasteiger charge is 2.34. The maximum Gasteiger partial charge on any atom is 0.411 e. The summed E-state index contributed by atoms with van der Waals surface area (Å²) in [5.41, 5.74) is 4.78. The van der Waals surface area contributed by atoms with Crippen LogP contribution in [-0.2, 0) is 18.9 Å². The fourth-order valence-corrected chi connectivity index (χ4v) is 6.47. The van der Waals surface area contributed by atoms with Gasteiger partial charge in [-0.05, 0) is 56.9 Å². The van der Waals surface area contributed by atoms with Gasteiger partial charge in [0, 0.05) is 37.8 Å². The summed E-state index contributed by atoms with van der Waals surface area (Å²) in [7, 11) is 3.31. The number of benzene rings is 2. The molecule has 50 heavy (non-hydrogen) atoms. The van der Waals surface area contributed by atoms with E-state index in [2.05, 4.69) is 39.2 Å². The third kappa shape index (κ3) is 8.31. The monoisotopic (exact) mass is 687 g/mol. The van der Waals surface area contributed by atoms with Crippen LogP contribution in [0.5, 0.6) is 11.5 Å². The standard InChI is InChI=1S/C38H49N5O7/c1-38(2,3)50-37(44)43-16-17-47-24-32(43)36-40-22-30(41-36)26-12-10-25(11-13-26)28-14-15-29(31-23-39-35(42-31)27-8-6-7-9-27)34(49-21-19-46-5)33(28)48-20-18-45-4/h10-15,22-23,27,32H,6-9,16-21,24H2,1-5H3,(H,39,42)(H,40,41)/t32-/m0/s1. The maximum absolute atomic E-state index is 13.0. The average Bonchev–Trinajstić information content (AvgIpc) is 3.91.